The molecule has 2 aromatic carbocycles. The number of anilines is 1. The van der Waals surface area contributed by atoms with Crippen molar-refractivity contribution in [3.8, 4) is 0 Å². The third kappa shape index (κ3) is 1.89. The number of carbonyl (C=O) groups is 1. The number of fused-ring (bicyclic) bond motifs is 1. The van der Waals surface area contributed by atoms with E-state index in [0.717, 1.165) is 28.1 Å². The van der Waals surface area contributed by atoms with Gasteiger partial charge in [0.2, 0.25) is 0 Å². The van der Waals surface area contributed by atoms with E-state index in [1.165, 1.54) is 0 Å². The van der Waals surface area contributed by atoms with Crippen LogP contribution in [0.4, 0.5) is 5.69 Å². The molecule has 0 radical (unpaired) electrons. The summed E-state index contributed by atoms with van der Waals surface area (Å²) in [7, 11) is 0. The summed E-state index contributed by atoms with van der Waals surface area (Å²) in [6.45, 7) is 4.54. The number of nitrogens with two attached hydrogens (primary N) is 1. The van der Waals surface area contributed by atoms with Gasteiger partial charge in [0.15, 0.2) is 0 Å². The van der Waals surface area contributed by atoms with Crippen molar-refractivity contribution >= 4 is 17.3 Å². The quantitative estimate of drug-likeness (QED) is 0.833. The number of carbonyl (C=O) groups excluding carboxylic acids is 1. The fraction of sp³-hybridized carbons (Fsp3) is 0.0625. The summed E-state index contributed by atoms with van der Waals surface area (Å²) in [6, 6.07) is 15.1. The molecule has 0 aromatic heterocycles. The van der Waals surface area contributed by atoms with Gasteiger partial charge in [0.05, 0.1) is 6.54 Å². The minimum atomic E-state index is 0.0115. The van der Waals surface area contributed by atoms with Crippen LogP contribution in [0.15, 0.2) is 55.1 Å². The Balaban J connectivity index is 1.90. The zero-order chi connectivity index (χ0) is 13.4. The first-order valence-electron chi connectivity index (χ1n) is 6.11. The summed E-state index contributed by atoms with van der Waals surface area (Å²) in [5.74, 6) is 0.0115. The van der Waals surface area contributed by atoms with Crippen molar-refractivity contribution in [1.29, 1.82) is 0 Å². The first kappa shape index (κ1) is 11.5. The van der Waals surface area contributed by atoms with Gasteiger partial charge < -0.3 is 10.6 Å². The molecule has 0 saturated heterocycles. The monoisotopic (exact) mass is 250 g/mol. The van der Waals surface area contributed by atoms with Crippen LogP contribution in [0.2, 0.25) is 0 Å². The molecule has 2 N–H and O–H groups in total. The number of rotatable bonds is 2. The van der Waals surface area contributed by atoms with Crippen LogP contribution in [0, 0.1) is 0 Å². The first-order chi connectivity index (χ1) is 9.16. The molecule has 0 saturated carbocycles. The van der Waals surface area contributed by atoms with E-state index in [1.807, 2.05) is 48.5 Å². The highest BCUT2D eigenvalue weighted by atomic mass is 16.2. The third-order valence-corrected chi connectivity index (χ3v) is 3.36. The van der Waals surface area contributed by atoms with E-state index in [-0.39, 0.29) is 5.91 Å². The Labute approximate surface area is 112 Å². The highest BCUT2D eigenvalue weighted by Crippen LogP contribution is 2.32. The van der Waals surface area contributed by atoms with Gasteiger partial charge in [-0.25, -0.2) is 0 Å². The van der Waals surface area contributed by atoms with Crippen molar-refractivity contribution in [1.82, 2.24) is 4.90 Å². The second kappa shape index (κ2) is 4.28. The molecule has 1 aliphatic heterocycles. The first-order valence-corrected chi connectivity index (χ1v) is 6.11. The fourth-order valence-electron chi connectivity index (χ4n) is 2.31. The Kier molecular flexibility index (Phi) is 2.60. The van der Waals surface area contributed by atoms with Crippen molar-refractivity contribution in [2.24, 2.45) is 0 Å². The molecule has 0 unspecified atom stereocenters. The summed E-state index contributed by atoms with van der Waals surface area (Å²) >= 11 is 0. The number of benzene rings is 2. The van der Waals surface area contributed by atoms with Crippen LogP contribution >= 0.6 is 0 Å². The smallest absolute Gasteiger partial charge is 0.259 e. The molecule has 3 heteroatoms. The maximum Gasteiger partial charge on any atom is 0.259 e. The number of amides is 1. The maximum atomic E-state index is 12.3. The van der Waals surface area contributed by atoms with Crippen LogP contribution in [0.1, 0.15) is 21.5 Å². The lowest BCUT2D eigenvalue weighted by Gasteiger charge is -2.17. The average Bonchev–Trinajstić information content (AvgIpc) is 2.67. The van der Waals surface area contributed by atoms with Gasteiger partial charge in [-0.1, -0.05) is 36.9 Å². The van der Waals surface area contributed by atoms with Gasteiger partial charge in [-0.05, 0) is 23.8 Å². The Morgan fingerprint density at radius 3 is 2.26 bits per heavy atom. The second-order valence-corrected chi connectivity index (χ2v) is 4.63. The van der Waals surface area contributed by atoms with Gasteiger partial charge in [-0.15, -0.1) is 0 Å². The van der Waals surface area contributed by atoms with Gasteiger partial charge >= 0.3 is 0 Å². The SMILES string of the molecule is C=C1c2ccccc2C(=O)N1Cc1ccc(N)cc1. The standard InChI is InChI=1S/C16H14N2O/c1-11-14-4-2-3-5-15(14)16(19)18(11)10-12-6-8-13(17)9-7-12/h2-9H,1,10,17H2. The largest absolute Gasteiger partial charge is 0.399 e. The summed E-state index contributed by atoms with van der Waals surface area (Å²) in [4.78, 5) is 14.0. The number of nitrogen functional groups attached to an aromatic ring is 1. The summed E-state index contributed by atoms with van der Waals surface area (Å²) in [5, 5.41) is 0. The molecule has 0 aliphatic carbocycles. The van der Waals surface area contributed by atoms with Crippen LogP contribution in [0.3, 0.4) is 0 Å². The lowest BCUT2D eigenvalue weighted by molar-refractivity contribution is 0.0843. The summed E-state index contributed by atoms with van der Waals surface area (Å²) in [6.07, 6.45) is 0. The van der Waals surface area contributed by atoms with Crippen LogP contribution in [0.5, 0.6) is 0 Å². The van der Waals surface area contributed by atoms with Crippen molar-refractivity contribution in [2.45, 2.75) is 6.54 Å². The van der Waals surface area contributed by atoms with E-state index in [2.05, 4.69) is 6.58 Å². The highest BCUT2D eigenvalue weighted by Gasteiger charge is 2.30. The molecule has 1 amide bonds. The molecule has 3 nitrogen and oxygen atoms in total. The van der Waals surface area contributed by atoms with Crippen LogP contribution in [-0.4, -0.2) is 10.8 Å². The van der Waals surface area contributed by atoms with Gasteiger partial charge in [0.25, 0.3) is 5.91 Å². The van der Waals surface area contributed by atoms with Gasteiger partial charge in [-0.3, -0.25) is 4.79 Å². The Hall–Kier alpha value is -2.55. The summed E-state index contributed by atoms with van der Waals surface area (Å²) < 4.78 is 0. The van der Waals surface area contributed by atoms with E-state index >= 15 is 0 Å². The zero-order valence-corrected chi connectivity index (χ0v) is 10.5. The lowest BCUT2D eigenvalue weighted by atomic mass is 10.1. The van der Waals surface area contributed by atoms with Crippen molar-refractivity contribution < 1.29 is 4.79 Å². The average molecular weight is 250 g/mol. The molecule has 19 heavy (non-hydrogen) atoms. The molecule has 1 aliphatic rings. The molecule has 3 rings (SSSR count). The molecule has 0 bridgehead atoms. The Morgan fingerprint density at radius 1 is 1.00 bits per heavy atom. The minimum Gasteiger partial charge on any atom is -0.399 e. The Bertz CT molecular complexity index is 624. The van der Waals surface area contributed by atoms with E-state index in [1.54, 1.807) is 4.90 Å². The van der Waals surface area contributed by atoms with E-state index in [9.17, 15) is 4.79 Å². The number of nitrogens with zero attached hydrogens (tertiary/aromatic N) is 1. The molecule has 94 valence electrons. The Morgan fingerprint density at radius 2 is 1.63 bits per heavy atom. The molecular weight excluding hydrogens is 236 g/mol. The number of hydrogen-bond donors (Lipinski definition) is 1. The van der Waals surface area contributed by atoms with Gasteiger partial charge in [-0.2, -0.15) is 0 Å². The fourth-order valence-corrected chi connectivity index (χ4v) is 2.31. The zero-order valence-electron chi connectivity index (χ0n) is 10.5. The predicted molar refractivity (Wildman–Crippen MR) is 76.2 cm³/mol. The predicted octanol–water partition coefficient (Wildman–Crippen LogP) is 2.90. The molecule has 1 heterocycles. The van der Waals surface area contributed by atoms with Gasteiger partial charge in [0, 0.05) is 22.5 Å². The maximum absolute atomic E-state index is 12.3. The minimum absolute atomic E-state index is 0.0115. The molecule has 0 spiro atoms. The van der Waals surface area contributed by atoms with Crippen molar-refractivity contribution in [3.05, 3.63) is 71.8 Å². The van der Waals surface area contributed by atoms with Crippen molar-refractivity contribution in [2.75, 3.05) is 5.73 Å². The lowest BCUT2D eigenvalue weighted by Crippen LogP contribution is -2.22. The molecule has 2 aromatic rings. The van der Waals surface area contributed by atoms with Crippen LogP contribution < -0.4 is 5.73 Å². The van der Waals surface area contributed by atoms with E-state index < -0.39 is 0 Å². The highest BCUT2D eigenvalue weighted by molar-refractivity contribution is 6.08. The molecular formula is C16H14N2O. The second-order valence-electron chi connectivity index (χ2n) is 4.63. The van der Waals surface area contributed by atoms with Crippen LogP contribution in [0.25, 0.3) is 5.70 Å². The van der Waals surface area contributed by atoms with Gasteiger partial charge in [0.1, 0.15) is 0 Å². The summed E-state index contributed by atoms with van der Waals surface area (Å²) in [5.41, 5.74) is 9.83. The van der Waals surface area contributed by atoms with Crippen LogP contribution in [-0.2, 0) is 6.54 Å². The number of hydrogen-bond acceptors (Lipinski definition) is 2. The molecule has 0 fully saturated rings. The van der Waals surface area contributed by atoms with Crippen molar-refractivity contribution in [3.63, 3.8) is 0 Å². The van der Waals surface area contributed by atoms with E-state index in [0.29, 0.717) is 6.54 Å². The normalized spacial score (nSPS) is 13.8. The molecule has 0 atom stereocenters. The van der Waals surface area contributed by atoms with E-state index in [4.69, 9.17) is 5.73 Å². The third-order valence-electron chi connectivity index (χ3n) is 3.36. The topological polar surface area (TPSA) is 46.3 Å².